The lowest BCUT2D eigenvalue weighted by atomic mass is 10.1. The van der Waals surface area contributed by atoms with E-state index in [0.717, 1.165) is 28.9 Å². The van der Waals surface area contributed by atoms with Crippen molar-refractivity contribution in [3.63, 3.8) is 0 Å². The van der Waals surface area contributed by atoms with E-state index in [1.54, 1.807) is 49.5 Å². The molecule has 0 saturated carbocycles. The maximum Gasteiger partial charge on any atom is 0.338 e. The van der Waals surface area contributed by atoms with Crippen LogP contribution in [0.25, 0.3) is 22.5 Å². The van der Waals surface area contributed by atoms with Gasteiger partial charge in [-0.3, -0.25) is 15.6 Å². The van der Waals surface area contributed by atoms with Crippen LogP contribution in [0, 0.1) is 0 Å². The molecular formula is C41H44Cl2N6O5S2. The van der Waals surface area contributed by atoms with Gasteiger partial charge in [0.25, 0.3) is 0 Å². The summed E-state index contributed by atoms with van der Waals surface area (Å²) in [6, 6.07) is 28.8. The van der Waals surface area contributed by atoms with Gasteiger partial charge in [0.2, 0.25) is 5.13 Å². The topological polar surface area (TPSA) is 158 Å². The minimum absolute atomic E-state index is 0. The van der Waals surface area contributed by atoms with Gasteiger partial charge in [0.15, 0.2) is 11.4 Å². The standard InChI is InChI=1S/C20H18ClN3O2S.C10H10O3.C9H8ClN3S.2CH4/c1-2-11-26-19(25)15-8-4-3-7-14(15)12-22-24-20-23-18(13-27-20)16-9-5-6-10-17(16)21;1-2-13-10(12)9-6-4-3-5-8(9)7-11;10-7-4-2-1-3-6(7)8-5-14-9(12-8)13-11;;/h3-10,12-13H,2,11H2,1H3,(H,23,24);3-7H,2H2,1H3;1-5H,11H2,(H,12,13);2*1H4/b22-12+;;;;. The van der Waals surface area contributed by atoms with Crippen LogP contribution in [0.4, 0.5) is 10.3 Å². The average Bonchev–Trinajstić information content (AvgIpc) is 3.88. The van der Waals surface area contributed by atoms with Gasteiger partial charge in [-0.15, -0.1) is 22.7 Å². The summed E-state index contributed by atoms with van der Waals surface area (Å²) < 4.78 is 9.97. The number of carbonyl (C=O) groups is 3. The third kappa shape index (κ3) is 13.7. The van der Waals surface area contributed by atoms with Crippen molar-refractivity contribution in [1.29, 1.82) is 0 Å². The van der Waals surface area contributed by atoms with Gasteiger partial charge >= 0.3 is 11.9 Å². The Hall–Kier alpha value is -5.44. The number of nitrogens with zero attached hydrogens (tertiary/aromatic N) is 3. The van der Waals surface area contributed by atoms with Crippen LogP contribution < -0.4 is 16.7 Å². The van der Waals surface area contributed by atoms with Gasteiger partial charge in [0.1, 0.15) is 0 Å². The number of ether oxygens (including phenoxy) is 2. The molecule has 0 aliphatic carbocycles. The summed E-state index contributed by atoms with van der Waals surface area (Å²) in [5.41, 5.74) is 10.6. The maximum absolute atomic E-state index is 12.1. The van der Waals surface area contributed by atoms with E-state index in [1.165, 1.54) is 22.7 Å². The van der Waals surface area contributed by atoms with E-state index in [9.17, 15) is 14.4 Å². The molecule has 0 bridgehead atoms. The zero-order valence-corrected chi connectivity index (χ0v) is 32.3. The first-order valence-corrected chi connectivity index (χ1v) is 18.9. The van der Waals surface area contributed by atoms with Gasteiger partial charge in [-0.1, -0.05) is 118 Å². The average molecular weight is 836 g/mol. The van der Waals surface area contributed by atoms with Gasteiger partial charge < -0.3 is 9.47 Å². The van der Waals surface area contributed by atoms with Gasteiger partial charge in [-0.05, 0) is 37.6 Å². The maximum atomic E-state index is 12.1. The van der Waals surface area contributed by atoms with E-state index in [2.05, 4.69) is 25.9 Å². The fraction of sp³-hybridized carbons (Fsp3) is 0.171. The Morgan fingerprint density at radius 2 is 1.21 bits per heavy atom. The number of hydrogen-bond acceptors (Lipinski definition) is 13. The lowest BCUT2D eigenvalue weighted by Crippen LogP contribution is -2.09. The molecule has 294 valence electrons. The quantitative estimate of drug-likeness (QED) is 0.0356. The summed E-state index contributed by atoms with van der Waals surface area (Å²) in [6.45, 7) is 4.38. The molecule has 0 radical (unpaired) electrons. The third-order valence-corrected chi connectivity index (χ3v) is 9.18. The summed E-state index contributed by atoms with van der Waals surface area (Å²) in [7, 11) is 0. The number of aromatic nitrogens is 2. The van der Waals surface area contributed by atoms with Crippen molar-refractivity contribution in [3.05, 3.63) is 140 Å². The largest absolute Gasteiger partial charge is 0.462 e. The molecule has 0 spiro atoms. The number of hydrazone groups is 1. The highest BCUT2D eigenvalue weighted by Gasteiger charge is 2.12. The Balaban J connectivity index is 0.000000315. The predicted octanol–water partition coefficient (Wildman–Crippen LogP) is 11.2. The lowest BCUT2D eigenvalue weighted by Gasteiger charge is -2.05. The van der Waals surface area contributed by atoms with Crippen LogP contribution in [0.5, 0.6) is 0 Å². The number of halogens is 2. The molecule has 2 aromatic heterocycles. The first-order chi connectivity index (χ1) is 26.3. The van der Waals surface area contributed by atoms with E-state index >= 15 is 0 Å². The van der Waals surface area contributed by atoms with Crippen molar-refractivity contribution in [2.24, 2.45) is 10.9 Å². The number of hydrazine groups is 1. The van der Waals surface area contributed by atoms with Gasteiger partial charge in [-0.2, -0.15) is 5.10 Å². The van der Waals surface area contributed by atoms with Crippen LogP contribution in [0.1, 0.15) is 71.8 Å². The smallest absolute Gasteiger partial charge is 0.338 e. The lowest BCUT2D eigenvalue weighted by molar-refractivity contribution is 0.0501. The number of esters is 2. The Kier molecular flexibility index (Phi) is 20.7. The highest BCUT2D eigenvalue weighted by atomic mass is 35.5. The zero-order valence-electron chi connectivity index (χ0n) is 29.2. The van der Waals surface area contributed by atoms with E-state index < -0.39 is 5.97 Å². The summed E-state index contributed by atoms with van der Waals surface area (Å²) in [6.07, 6.45) is 3.01. The molecule has 11 nitrogen and oxygen atoms in total. The Labute approximate surface area is 345 Å². The molecule has 56 heavy (non-hydrogen) atoms. The van der Waals surface area contributed by atoms with Gasteiger partial charge in [0, 0.05) is 43.1 Å². The molecular weight excluding hydrogens is 792 g/mol. The molecule has 4 N–H and O–H groups in total. The molecule has 6 rings (SSSR count). The molecule has 0 atom stereocenters. The van der Waals surface area contributed by atoms with Crippen LogP contribution in [-0.4, -0.2) is 47.6 Å². The highest BCUT2D eigenvalue weighted by Crippen LogP contribution is 2.31. The van der Waals surface area contributed by atoms with E-state index in [-0.39, 0.29) is 20.8 Å². The summed E-state index contributed by atoms with van der Waals surface area (Å²) in [5, 5.41) is 10.7. The van der Waals surface area contributed by atoms with E-state index in [4.69, 9.17) is 38.5 Å². The Morgan fingerprint density at radius 1 is 0.732 bits per heavy atom. The molecule has 15 heteroatoms. The van der Waals surface area contributed by atoms with Gasteiger partial charge in [-0.25, -0.2) is 25.4 Å². The second-order valence-electron chi connectivity index (χ2n) is 10.7. The van der Waals surface area contributed by atoms with Gasteiger partial charge in [0.05, 0.1) is 41.9 Å². The van der Waals surface area contributed by atoms with Crippen LogP contribution in [-0.2, 0) is 9.47 Å². The molecule has 6 aromatic rings. The monoisotopic (exact) mass is 834 g/mol. The predicted molar refractivity (Wildman–Crippen MR) is 232 cm³/mol. The number of nitrogen functional groups attached to an aromatic ring is 1. The Bertz CT molecular complexity index is 2180. The minimum Gasteiger partial charge on any atom is -0.462 e. The number of hydrogen-bond donors (Lipinski definition) is 3. The van der Waals surface area contributed by atoms with Crippen molar-refractivity contribution in [3.8, 4) is 22.5 Å². The molecule has 0 fully saturated rings. The Morgan fingerprint density at radius 3 is 1.73 bits per heavy atom. The van der Waals surface area contributed by atoms with Crippen LogP contribution in [0.15, 0.2) is 113 Å². The van der Waals surface area contributed by atoms with E-state index in [0.29, 0.717) is 62.1 Å². The third-order valence-electron chi connectivity index (χ3n) is 7.00. The van der Waals surface area contributed by atoms with Crippen LogP contribution >= 0.6 is 45.9 Å². The fourth-order valence-electron chi connectivity index (χ4n) is 4.47. The number of thiazole rings is 2. The highest BCUT2D eigenvalue weighted by molar-refractivity contribution is 7.14. The fourth-order valence-corrected chi connectivity index (χ4v) is 6.22. The minimum atomic E-state index is -0.454. The summed E-state index contributed by atoms with van der Waals surface area (Å²) in [4.78, 5) is 42.6. The number of anilines is 2. The number of carbonyl (C=O) groups excluding carboxylic acids is 3. The number of benzene rings is 4. The van der Waals surface area contributed by atoms with E-state index in [1.807, 2.05) is 78.3 Å². The molecule has 0 aliphatic heterocycles. The molecule has 0 aliphatic rings. The van der Waals surface area contributed by atoms with Crippen molar-refractivity contribution in [1.82, 2.24) is 9.97 Å². The number of aldehydes is 1. The second-order valence-corrected chi connectivity index (χ2v) is 13.2. The number of rotatable bonds is 12. The molecule has 0 saturated heterocycles. The van der Waals surface area contributed by atoms with Crippen molar-refractivity contribution >= 4 is 80.6 Å². The second kappa shape index (κ2) is 24.9. The zero-order chi connectivity index (χ0) is 38.7. The first kappa shape index (κ1) is 46.7. The number of nitrogens with two attached hydrogens (primary N) is 1. The summed E-state index contributed by atoms with van der Waals surface area (Å²) >= 11 is 15.1. The first-order valence-electron chi connectivity index (χ1n) is 16.4. The van der Waals surface area contributed by atoms with Crippen molar-refractivity contribution in [2.45, 2.75) is 35.1 Å². The van der Waals surface area contributed by atoms with Crippen molar-refractivity contribution < 1.29 is 23.9 Å². The normalized spacial score (nSPS) is 9.95. The molecule has 4 aromatic carbocycles. The molecule has 2 heterocycles. The molecule has 0 amide bonds. The SMILES string of the molecule is C.C.CCCOC(=O)c1ccccc1/C=N/Nc1nc(-c2ccccc2Cl)cs1.CCOC(=O)c1ccccc1C=O.NNc1nc(-c2ccccc2Cl)cs1. The number of nitrogens with one attached hydrogen (secondary N) is 2. The molecule has 0 unspecified atom stereocenters. The van der Waals surface area contributed by atoms with Crippen LogP contribution in [0.3, 0.4) is 0 Å². The summed E-state index contributed by atoms with van der Waals surface area (Å²) in [5.74, 6) is 4.44. The van der Waals surface area contributed by atoms with Crippen LogP contribution in [0.2, 0.25) is 10.0 Å². The van der Waals surface area contributed by atoms with Crippen molar-refractivity contribution in [2.75, 3.05) is 24.1 Å².